The van der Waals surface area contributed by atoms with E-state index in [1.165, 1.54) is 16.9 Å². The number of methoxy groups -OCH3 is 1. The Morgan fingerprint density at radius 1 is 1.40 bits per heavy atom. The van der Waals surface area contributed by atoms with Crippen LogP contribution in [0.1, 0.15) is 24.3 Å². The van der Waals surface area contributed by atoms with Gasteiger partial charge in [-0.15, -0.1) is 11.3 Å². The van der Waals surface area contributed by atoms with Crippen molar-refractivity contribution >= 4 is 39.1 Å². The van der Waals surface area contributed by atoms with Crippen LogP contribution in [0.5, 0.6) is 0 Å². The average molecular weight is 336 g/mol. The summed E-state index contributed by atoms with van der Waals surface area (Å²) in [6.07, 6.45) is 0. The summed E-state index contributed by atoms with van der Waals surface area (Å²) < 4.78 is 31.3. The third kappa shape index (κ3) is 3.00. The van der Waals surface area contributed by atoms with E-state index in [0.29, 0.717) is 13.1 Å². The molecule has 1 aromatic heterocycles. The van der Waals surface area contributed by atoms with Gasteiger partial charge in [0.2, 0.25) is 0 Å². The lowest BCUT2D eigenvalue weighted by Crippen LogP contribution is -2.44. The summed E-state index contributed by atoms with van der Waals surface area (Å²) in [5.41, 5.74) is 1.22. The lowest BCUT2D eigenvalue weighted by atomic mass is 10.4. The number of carbonyl (C=O) groups is 1. The molecule has 112 valence electrons. The summed E-state index contributed by atoms with van der Waals surface area (Å²) in [5, 5.41) is 0.450. The molecule has 2 atom stereocenters. The van der Waals surface area contributed by atoms with Gasteiger partial charge in [-0.1, -0.05) is 13.8 Å². The Morgan fingerprint density at radius 2 is 2.00 bits per heavy atom. The number of carbonyl (C=O) groups excluding carboxylic acids is 1. The zero-order valence-electron chi connectivity index (χ0n) is 11.4. The van der Waals surface area contributed by atoms with Crippen molar-refractivity contribution in [2.24, 2.45) is 0 Å². The van der Waals surface area contributed by atoms with Crippen LogP contribution in [0.2, 0.25) is 0 Å². The van der Waals surface area contributed by atoms with Gasteiger partial charge in [0.1, 0.15) is 0 Å². The van der Waals surface area contributed by atoms with Gasteiger partial charge < -0.3 is 4.74 Å². The van der Waals surface area contributed by atoms with E-state index >= 15 is 0 Å². The Balaban J connectivity index is 2.36. The number of hydrogen-bond acceptors (Lipinski definition) is 7. The highest BCUT2D eigenvalue weighted by Gasteiger charge is 2.36. The summed E-state index contributed by atoms with van der Waals surface area (Å²) in [6.45, 7) is 4.87. The summed E-state index contributed by atoms with van der Waals surface area (Å²) >= 11 is 2.71. The van der Waals surface area contributed by atoms with Crippen molar-refractivity contribution in [1.29, 1.82) is 0 Å². The molecule has 1 fully saturated rings. The van der Waals surface area contributed by atoms with Crippen LogP contribution in [0.3, 0.4) is 0 Å². The predicted octanol–water partition coefficient (Wildman–Crippen LogP) is 1.44. The highest BCUT2D eigenvalue weighted by Crippen LogP contribution is 2.31. The average Bonchev–Trinajstić information content (AvgIpc) is 2.86. The van der Waals surface area contributed by atoms with Gasteiger partial charge in [-0.2, -0.15) is 16.1 Å². The lowest BCUT2D eigenvalue weighted by Gasteiger charge is -2.33. The molecule has 2 unspecified atom stereocenters. The van der Waals surface area contributed by atoms with Gasteiger partial charge in [0.05, 0.1) is 12.6 Å². The SMILES string of the molecule is COC(=O)c1ncsc1S(=O)(=O)N1CC(C)SC(C)C1. The molecular formula is C11H16N2O4S3. The van der Waals surface area contributed by atoms with Crippen molar-refractivity contribution in [3.8, 4) is 0 Å². The van der Waals surface area contributed by atoms with Gasteiger partial charge in [0.25, 0.3) is 10.0 Å². The van der Waals surface area contributed by atoms with Crippen LogP contribution in [0, 0.1) is 0 Å². The Bertz CT molecular complexity index is 589. The fourth-order valence-corrected chi connectivity index (χ4v) is 6.50. The van der Waals surface area contributed by atoms with E-state index < -0.39 is 16.0 Å². The molecule has 9 heteroatoms. The maximum atomic E-state index is 12.7. The van der Waals surface area contributed by atoms with Crippen molar-refractivity contribution in [3.63, 3.8) is 0 Å². The third-order valence-electron chi connectivity index (χ3n) is 2.87. The summed E-state index contributed by atoms with van der Waals surface area (Å²) in [6, 6.07) is 0. The lowest BCUT2D eigenvalue weighted by molar-refractivity contribution is 0.0590. The molecule has 1 aromatic rings. The molecule has 0 saturated carbocycles. The van der Waals surface area contributed by atoms with Crippen LogP contribution in [0.15, 0.2) is 9.72 Å². The molecule has 2 heterocycles. The van der Waals surface area contributed by atoms with Crippen LogP contribution in [0.25, 0.3) is 0 Å². The largest absolute Gasteiger partial charge is 0.464 e. The number of esters is 1. The maximum absolute atomic E-state index is 12.7. The van der Waals surface area contributed by atoms with Crippen molar-refractivity contribution in [2.45, 2.75) is 28.6 Å². The Hall–Kier alpha value is -0.640. The highest BCUT2D eigenvalue weighted by molar-refractivity contribution is 8.00. The van der Waals surface area contributed by atoms with Crippen molar-refractivity contribution in [3.05, 3.63) is 11.2 Å². The molecule has 2 rings (SSSR count). The van der Waals surface area contributed by atoms with Gasteiger partial charge in [0.15, 0.2) is 9.90 Å². The molecule has 1 aliphatic heterocycles. The first-order valence-corrected chi connectivity index (χ1v) is 9.30. The van der Waals surface area contributed by atoms with Gasteiger partial charge in [-0.3, -0.25) is 0 Å². The number of rotatable bonds is 3. The fraction of sp³-hybridized carbons (Fsp3) is 0.636. The minimum Gasteiger partial charge on any atom is -0.464 e. The van der Waals surface area contributed by atoms with Gasteiger partial charge in [-0.25, -0.2) is 18.2 Å². The second kappa shape index (κ2) is 6.00. The van der Waals surface area contributed by atoms with E-state index in [9.17, 15) is 13.2 Å². The number of thiazole rings is 1. The Morgan fingerprint density at radius 3 is 2.55 bits per heavy atom. The minimum absolute atomic E-state index is 0.0318. The van der Waals surface area contributed by atoms with Crippen LogP contribution in [-0.4, -0.2) is 54.4 Å². The molecule has 0 bridgehead atoms. The molecule has 0 spiro atoms. The first kappa shape index (κ1) is 15.7. The zero-order valence-corrected chi connectivity index (χ0v) is 13.8. The Kier molecular flexibility index (Phi) is 4.73. The molecule has 6 nitrogen and oxygen atoms in total. The fourth-order valence-electron chi connectivity index (χ4n) is 2.10. The molecule has 1 saturated heterocycles. The smallest absolute Gasteiger partial charge is 0.358 e. The van der Waals surface area contributed by atoms with Gasteiger partial charge in [0, 0.05) is 23.6 Å². The van der Waals surface area contributed by atoms with Gasteiger partial charge in [-0.05, 0) is 0 Å². The second-order valence-corrected chi connectivity index (χ2v) is 9.43. The van der Waals surface area contributed by atoms with E-state index in [4.69, 9.17) is 0 Å². The monoisotopic (exact) mass is 336 g/mol. The normalized spacial score (nSPS) is 24.6. The number of sulfonamides is 1. The number of aromatic nitrogens is 1. The third-order valence-corrected chi connectivity index (χ3v) is 7.28. The highest BCUT2D eigenvalue weighted by atomic mass is 32.2. The van der Waals surface area contributed by atoms with Crippen LogP contribution in [-0.2, 0) is 14.8 Å². The number of nitrogens with zero attached hydrogens (tertiary/aromatic N) is 2. The maximum Gasteiger partial charge on any atom is 0.358 e. The molecular weight excluding hydrogens is 320 g/mol. The van der Waals surface area contributed by atoms with E-state index in [1.54, 1.807) is 11.8 Å². The second-order valence-electron chi connectivity index (χ2n) is 4.56. The van der Waals surface area contributed by atoms with Crippen molar-refractivity contribution in [1.82, 2.24) is 9.29 Å². The molecule has 0 aromatic carbocycles. The quantitative estimate of drug-likeness (QED) is 0.778. The topological polar surface area (TPSA) is 76.6 Å². The molecule has 0 aliphatic carbocycles. The predicted molar refractivity (Wildman–Crippen MR) is 78.7 cm³/mol. The first-order valence-electron chi connectivity index (χ1n) is 6.03. The van der Waals surface area contributed by atoms with Crippen molar-refractivity contribution < 1.29 is 17.9 Å². The summed E-state index contributed by atoms with van der Waals surface area (Å²) in [5.74, 6) is -0.725. The van der Waals surface area contributed by atoms with Crippen LogP contribution < -0.4 is 0 Å². The van der Waals surface area contributed by atoms with E-state index in [0.717, 1.165) is 11.3 Å². The van der Waals surface area contributed by atoms with Crippen molar-refractivity contribution in [2.75, 3.05) is 20.2 Å². The molecule has 0 radical (unpaired) electrons. The molecule has 0 amide bonds. The first-order chi connectivity index (χ1) is 9.36. The van der Waals surface area contributed by atoms with E-state index in [1.807, 2.05) is 13.8 Å². The number of ether oxygens (including phenoxy) is 1. The van der Waals surface area contributed by atoms with Crippen LogP contribution in [0.4, 0.5) is 0 Å². The van der Waals surface area contributed by atoms with Gasteiger partial charge >= 0.3 is 5.97 Å². The van der Waals surface area contributed by atoms with E-state index in [2.05, 4.69) is 9.72 Å². The molecule has 0 N–H and O–H groups in total. The number of thioether (sulfide) groups is 1. The summed E-state index contributed by atoms with van der Waals surface area (Å²) in [4.78, 5) is 15.4. The molecule has 20 heavy (non-hydrogen) atoms. The molecule has 1 aliphatic rings. The zero-order chi connectivity index (χ0) is 14.9. The van der Waals surface area contributed by atoms with E-state index in [-0.39, 0.29) is 20.4 Å². The minimum atomic E-state index is -3.70. The number of hydrogen-bond donors (Lipinski definition) is 0. The summed E-state index contributed by atoms with van der Waals surface area (Å²) in [7, 11) is -2.49. The standard InChI is InChI=1S/C11H16N2O4S3/c1-7-4-13(5-8(2)19-7)20(15,16)11-9(10(14)17-3)12-6-18-11/h6-8H,4-5H2,1-3H3. The van der Waals surface area contributed by atoms with Crippen LogP contribution >= 0.6 is 23.1 Å². The Labute approximate surface area is 126 Å².